The number of ether oxygens (including phenoxy) is 1. The molecule has 1 aliphatic carbocycles. The number of amides is 2. The van der Waals surface area contributed by atoms with E-state index in [4.69, 9.17) is 39.5 Å². The molecule has 1 spiro atoms. The minimum Gasteiger partial charge on any atom is -0.505 e. The molecule has 2 N–H and O–H groups in total. The summed E-state index contributed by atoms with van der Waals surface area (Å²) in [6.45, 7) is 21.0. The fraction of sp³-hybridized carbons (Fsp3) is 0.590. The number of likely N-dealkylation sites (N-methyl/N-ethyl adjacent to an activating group) is 1. The third-order valence-corrected chi connectivity index (χ3v) is 12.2. The lowest BCUT2D eigenvalue weighted by Gasteiger charge is -2.48. The number of aliphatic imine (C=N–C) groups is 1. The van der Waals surface area contributed by atoms with Crippen molar-refractivity contribution in [2.75, 3.05) is 16.8 Å². The highest BCUT2D eigenvalue weighted by Crippen LogP contribution is 2.62. The predicted molar refractivity (Wildman–Crippen MR) is 204 cm³/mol. The van der Waals surface area contributed by atoms with Gasteiger partial charge in [0.25, 0.3) is 11.8 Å². The van der Waals surface area contributed by atoms with E-state index >= 15 is 0 Å². The molecular weight excluding hydrogens is 697 g/mol. The van der Waals surface area contributed by atoms with E-state index < -0.39 is 34.5 Å². The molecule has 2 aromatic carbocycles. The molecule has 1 saturated heterocycles. The molecule has 50 heavy (non-hydrogen) atoms. The van der Waals surface area contributed by atoms with Gasteiger partial charge in [-0.1, -0.05) is 110 Å². The first-order valence-corrected chi connectivity index (χ1v) is 18.7. The molecule has 0 radical (unpaired) electrons. The molecule has 4 unspecified atom stereocenters. The first-order chi connectivity index (χ1) is 23.1. The van der Waals surface area contributed by atoms with Crippen LogP contribution in [0.15, 0.2) is 35.3 Å². The van der Waals surface area contributed by atoms with Crippen LogP contribution in [-0.2, 0) is 19.1 Å². The first-order valence-electron chi connectivity index (χ1n) is 17.5. The van der Waals surface area contributed by atoms with Gasteiger partial charge in [0, 0.05) is 17.6 Å². The summed E-state index contributed by atoms with van der Waals surface area (Å²) in [7, 11) is 0. The summed E-state index contributed by atoms with van der Waals surface area (Å²) in [5.74, 6) is -1.01. The highest BCUT2D eigenvalue weighted by Gasteiger charge is 2.69. The average Bonchev–Trinajstić information content (AvgIpc) is 3.76. The Labute approximate surface area is 312 Å². The number of carbonyl (C=O) groups excluding carboxylic acids is 3. The zero-order valence-electron chi connectivity index (χ0n) is 31.0. The zero-order chi connectivity index (χ0) is 37.6. The smallest absolute Gasteiger partial charge is 0.278 e. The number of aromatic hydroxyl groups is 1. The number of Topliss-reactive ketones (excluding diaryl/α,β-unsaturated/α-hetero) is 1. The molecule has 0 aromatic heterocycles. The molecule has 274 valence electrons. The molecule has 4 atom stereocenters. The van der Waals surface area contributed by atoms with Gasteiger partial charge in [0.2, 0.25) is 0 Å². The molecule has 2 amide bonds. The third kappa shape index (κ3) is 8.04. The van der Waals surface area contributed by atoms with Crippen molar-refractivity contribution >= 4 is 75.2 Å². The van der Waals surface area contributed by atoms with Crippen LogP contribution >= 0.6 is 34.8 Å². The Morgan fingerprint density at radius 1 is 0.940 bits per heavy atom. The topological polar surface area (TPSA) is 112 Å². The number of hydrogen-bond acceptors (Lipinski definition) is 6. The van der Waals surface area contributed by atoms with E-state index in [0.29, 0.717) is 18.2 Å². The molecule has 2 fully saturated rings. The van der Waals surface area contributed by atoms with E-state index in [9.17, 15) is 19.5 Å². The number of anilines is 2. The lowest BCUT2D eigenvalue weighted by atomic mass is 9.56. The molecule has 4 rings (SSSR count). The maximum absolute atomic E-state index is 14.3. The largest absolute Gasteiger partial charge is 0.505 e. The fourth-order valence-electron chi connectivity index (χ4n) is 7.17. The van der Waals surface area contributed by atoms with E-state index in [1.54, 1.807) is 43.9 Å². The second-order valence-corrected chi connectivity index (χ2v) is 17.4. The SMILES string of the molecule is CCN(C(=O)C1OC12CCC(C(C)(C)CC)CC2C(C)(C)CC)c1ccc(Cl)c(NC(=O)C(=Nc2cc(Cl)c(O)c(Cl)c2)C(=O)C(C)(C)C)c1. The number of halogens is 3. The monoisotopic (exact) mass is 747 g/mol. The van der Waals surface area contributed by atoms with E-state index in [1.807, 2.05) is 6.92 Å². The van der Waals surface area contributed by atoms with Crippen molar-refractivity contribution in [3.05, 3.63) is 45.4 Å². The second kappa shape index (κ2) is 14.8. The Hall–Kier alpha value is -2.65. The minimum atomic E-state index is -0.965. The quantitative estimate of drug-likeness (QED) is 0.135. The number of ketones is 1. The fourth-order valence-corrected chi connectivity index (χ4v) is 7.81. The first kappa shape index (κ1) is 40.1. The molecular formula is C39H52Cl3N3O5. The Morgan fingerprint density at radius 3 is 2.08 bits per heavy atom. The van der Waals surface area contributed by atoms with Gasteiger partial charge >= 0.3 is 0 Å². The number of benzene rings is 2. The van der Waals surface area contributed by atoms with Crippen LogP contribution in [0.4, 0.5) is 17.1 Å². The number of phenolic OH excluding ortho intramolecular Hbond substituents is 1. The van der Waals surface area contributed by atoms with Crippen LogP contribution in [-0.4, -0.2) is 46.7 Å². The van der Waals surface area contributed by atoms with Gasteiger partial charge in [-0.15, -0.1) is 0 Å². The summed E-state index contributed by atoms with van der Waals surface area (Å²) in [5.41, 5.74) is -0.821. The molecule has 8 nitrogen and oxygen atoms in total. The second-order valence-electron chi connectivity index (χ2n) is 16.2. The number of epoxide rings is 1. The molecule has 0 bridgehead atoms. The molecule has 1 heterocycles. The standard InChI is InChI=1S/C39H52Cl3N3O5/c1-11-37(7,8)22-16-17-39(29(18-22)38(9,10)12-2)33(50-39)35(49)45(13-3)24-14-15-25(40)28(21-24)44-34(48)30(32(47)36(4,5)6)43-23-19-26(41)31(46)27(42)20-23/h14-15,19-22,29,33,46H,11-13,16-18H2,1-10H3,(H,44,48). The molecule has 1 saturated carbocycles. The number of carbonyl (C=O) groups is 3. The summed E-state index contributed by atoms with van der Waals surface area (Å²) in [6, 6.07) is 7.58. The van der Waals surface area contributed by atoms with Crippen molar-refractivity contribution in [1.29, 1.82) is 0 Å². The van der Waals surface area contributed by atoms with Crippen LogP contribution in [0.1, 0.15) is 101 Å². The Bertz CT molecular complexity index is 1660. The number of nitrogens with zero attached hydrogens (tertiary/aromatic N) is 2. The highest BCUT2D eigenvalue weighted by molar-refractivity contribution is 6.68. The molecule has 1 aliphatic heterocycles. The Kier molecular flexibility index (Phi) is 11.8. The van der Waals surface area contributed by atoms with Crippen LogP contribution in [0.2, 0.25) is 15.1 Å². The maximum atomic E-state index is 14.3. The van der Waals surface area contributed by atoms with Gasteiger partial charge in [-0.25, -0.2) is 4.99 Å². The van der Waals surface area contributed by atoms with Crippen LogP contribution in [0.3, 0.4) is 0 Å². The summed E-state index contributed by atoms with van der Waals surface area (Å²) >= 11 is 18.7. The van der Waals surface area contributed by atoms with Gasteiger partial charge in [0.15, 0.2) is 23.3 Å². The molecule has 11 heteroatoms. The van der Waals surface area contributed by atoms with Crippen molar-refractivity contribution in [2.45, 2.75) is 113 Å². The average molecular weight is 749 g/mol. The predicted octanol–water partition coefficient (Wildman–Crippen LogP) is 10.5. The lowest BCUT2D eigenvalue weighted by molar-refractivity contribution is -0.121. The van der Waals surface area contributed by atoms with Gasteiger partial charge in [-0.05, 0) is 79.2 Å². The van der Waals surface area contributed by atoms with Crippen molar-refractivity contribution in [1.82, 2.24) is 0 Å². The zero-order valence-corrected chi connectivity index (χ0v) is 33.2. The summed E-state index contributed by atoms with van der Waals surface area (Å²) in [5, 5.41) is 12.8. The van der Waals surface area contributed by atoms with E-state index in [-0.39, 0.29) is 54.8 Å². The van der Waals surface area contributed by atoms with Crippen LogP contribution in [0.25, 0.3) is 0 Å². The summed E-state index contributed by atoms with van der Waals surface area (Å²) in [6.07, 6.45) is 4.40. The van der Waals surface area contributed by atoms with Crippen molar-refractivity contribution in [3.63, 3.8) is 0 Å². The van der Waals surface area contributed by atoms with Gasteiger partial charge < -0.3 is 20.1 Å². The Morgan fingerprint density at radius 2 is 1.54 bits per heavy atom. The number of phenols is 1. The van der Waals surface area contributed by atoms with Crippen LogP contribution in [0, 0.1) is 28.1 Å². The van der Waals surface area contributed by atoms with Crippen molar-refractivity contribution in [2.24, 2.45) is 33.1 Å². The van der Waals surface area contributed by atoms with Crippen molar-refractivity contribution in [3.8, 4) is 5.75 Å². The van der Waals surface area contributed by atoms with Gasteiger partial charge in [-0.3, -0.25) is 14.4 Å². The third-order valence-electron chi connectivity index (χ3n) is 11.3. The van der Waals surface area contributed by atoms with Gasteiger partial charge in [0.05, 0.1) is 26.4 Å². The van der Waals surface area contributed by atoms with E-state index in [2.05, 4.69) is 51.9 Å². The van der Waals surface area contributed by atoms with Crippen molar-refractivity contribution < 1.29 is 24.2 Å². The minimum absolute atomic E-state index is 0.00710. The number of nitrogens with one attached hydrogen (secondary N) is 1. The lowest BCUT2D eigenvalue weighted by Crippen LogP contribution is -2.48. The van der Waals surface area contributed by atoms with Crippen LogP contribution in [0.5, 0.6) is 5.75 Å². The number of hydrogen-bond donors (Lipinski definition) is 2. The van der Waals surface area contributed by atoms with E-state index in [0.717, 1.165) is 32.1 Å². The summed E-state index contributed by atoms with van der Waals surface area (Å²) in [4.78, 5) is 47.5. The van der Waals surface area contributed by atoms with E-state index in [1.165, 1.54) is 12.1 Å². The van der Waals surface area contributed by atoms with Gasteiger partial charge in [0.1, 0.15) is 5.60 Å². The Balaban J connectivity index is 1.63. The number of rotatable bonds is 11. The van der Waals surface area contributed by atoms with Crippen LogP contribution < -0.4 is 10.2 Å². The molecule has 2 aliphatic rings. The van der Waals surface area contributed by atoms with Gasteiger partial charge in [-0.2, -0.15) is 0 Å². The summed E-state index contributed by atoms with van der Waals surface area (Å²) < 4.78 is 6.52. The normalized spacial score (nSPS) is 22.7. The molecule has 2 aromatic rings. The maximum Gasteiger partial charge on any atom is 0.278 e. The highest BCUT2D eigenvalue weighted by atomic mass is 35.5.